The van der Waals surface area contributed by atoms with E-state index in [-0.39, 0.29) is 24.1 Å². The minimum absolute atomic E-state index is 0.101. The smallest absolute Gasteiger partial charge is 0.273 e. The number of nitrogens with one attached hydrogen (secondary N) is 1. The Morgan fingerprint density at radius 3 is 2.58 bits per heavy atom. The zero-order chi connectivity index (χ0) is 22.0. The normalized spacial score (nSPS) is 11.1. The van der Waals surface area contributed by atoms with Gasteiger partial charge in [-0.2, -0.15) is 0 Å². The summed E-state index contributed by atoms with van der Waals surface area (Å²) in [4.78, 5) is 39.1. The lowest BCUT2D eigenvalue weighted by atomic mass is 10.2. The monoisotopic (exact) mass is 434 g/mol. The fourth-order valence-electron chi connectivity index (χ4n) is 3.25. The van der Waals surface area contributed by atoms with Crippen molar-refractivity contribution in [3.05, 3.63) is 75.8 Å². The van der Waals surface area contributed by atoms with E-state index in [1.807, 2.05) is 44.2 Å². The summed E-state index contributed by atoms with van der Waals surface area (Å²) in [5, 5.41) is 3.04. The Labute approximate surface area is 183 Å². The van der Waals surface area contributed by atoms with Gasteiger partial charge in [0.2, 0.25) is 0 Å². The SMILES string of the molecule is COc1ccc(-c2nc(C(=O)N(Cc3nc4ccccc4c(=O)[nH]3)C(C)C)cs2)cc1. The molecule has 0 unspecified atom stereocenters. The van der Waals surface area contributed by atoms with Crippen LogP contribution < -0.4 is 10.3 Å². The number of H-pyrrole nitrogens is 1. The standard InChI is InChI=1S/C23H22N4O3S/c1-14(2)27(12-20-24-18-7-5-4-6-17(18)21(28)26-20)23(29)19-13-31-22(25-19)15-8-10-16(30-3)11-9-15/h4-11,13-14H,12H2,1-3H3,(H,24,26,28). The minimum Gasteiger partial charge on any atom is -0.497 e. The van der Waals surface area contributed by atoms with E-state index in [0.717, 1.165) is 16.3 Å². The molecule has 0 saturated carbocycles. The lowest BCUT2D eigenvalue weighted by molar-refractivity contribution is 0.0680. The van der Waals surface area contributed by atoms with Crippen LogP contribution in [0.4, 0.5) is 0 Å². The first-order valence-corrected chi connectivity index (χ1v) is 10.7. The van der Waals surface area contributed by atoms with Gasteiger partial charge in [-0.3, -0.25) is 9.59 Å². The van der Waals surface area contributed by atoms with Gasteiger partial charge in [-0.15, -0.1) is 11.3 Å². The summed E-state index contributed by atoms with van der Waals surface area (Å²) in [6, 6.07) is 14.6. The number of aromatic nitrogens is 3. The number of hydrogen-bond acceptors (Lipinski definition) is 6. The van der Waals surface area contributed by atoms with Crippen LogP contribution in [0.25, 0.3) is 21.5 Å². The van der Waals surface area contributed by atoms with E-state index in [2.05, 4.69) is 15.0 Å². The molecule has 0 saturated heterocycles. The molecule has 31 heavy (non-hydrogen) atoms. The molecule has 8 heteroatoms. The minimum atomic E-state index is -0.216. The third-order valence-corrected chi connectivity index (χ3v) is 5.82. The highest BCUT2D eigenvalue weighted by Gasteiger charge is 2.23. The Hall–Kier alpha value is -3.52. The molecule has 0 aliphatic rings. The topological polar surface area (TPSA) is 88.2 Å². The zero-order valence-electron chi connectivity index (χ0n) is 17.5. The van der Waals surface area contributed by atoms with E-state index >= 15 is 0 Å². The molecule has 1 amide bonds. The number of benzene rings is 2. The average Bonchev–Trinajstić information content (AvgIpc) is 3.27. The third kappa shape index (κ3) is 4.34. The van der Waals surface area contributed by atoms with Gasteiger partial charge >= 0.3 is 0 Å². The molecule has 2 aromatic heterocycles. The second-order valence-electron chi connectivity index (χ2n) is 7.32. The van der Waals surface area contributed by atoms with Crippen molar-refractivity contribution in [2.75, 3.05) is 7.11 Å². The highest BCUT2D eigenvalue weighted by atomic mass is 32.1. The first kappa shape index (κ1) is 20.7. The molecule has 7 nitrogen and oxygen atoms in total. The Morgan fingerprint density at radius 2 is 1.87 bits per heavy atom. The largest absolute Gasteiger partial charge is 0.497 e. The number of aromatic amines is 1. The molecule has 0 radical (unpaired) electrons. The highest BCUT2D eigenvalue weighted by Crippen LogP contribution is 2.26. The quantitative estimate of drug-likeness (QED) is 0.493. The number of hydrogen-bond donors (Lipinski definition) is 1. The van der Waals surface area contributed by atoms with Gasteiger partial charge in [-0.05, 0) is 50.2 Å². The van der Waals surface area contributed by atoms with Crippen molar-refractivity contribution < 1.29 is 9.53 Å². The molecule has 0 atom stereocenters. The van der Waals surface area contributed by atoms with Crippen molar-refractivity contribution in [2.45, 2.75) is 26.4 Å². The van der Waals surface area contributed by atoms with E-state index in [1.54, 1.807) is 35.6 Å². The summed E-state index contributed by atoms with van der Waals surface area (Å²) >= 11 is 1.41. The van der Waals surface area contributed by atoms with Gasteiger partial charge < -0.3 is 14.6 Å². The van der Waals surface area contributed by atoms with Crippen molar-refractivity contribution >= 4 is 28.1 Å². The Bertz CT molecular complexity index is 1280. The highest BCUT2D eigenvalue weighted by molar-refractivity contribution is 7.13. The molecule has 0 spiro atoms. The van der Waals surface area contributed by atoms with Crippen LogP contribution in [0.15, 0.2) is 58.7 Å². The average molecular weight is 435 g/mol. The van der Waals surface area contributed by atoms with E-state index in [1.165, 1.54) is 11.3 Å². The molecule has 2 heterocycles. The Balaban J connectivity index is 1.59. The second-order valence-corrected chi connectivity index (χ2v) is 8.18. The van der Waals surface area contributed by atoms with Gasteiger partial charge in [0.15, 0.2) is 0 Å². The van der Waals surface area contributed by atoms with Gasteiger partial charge in [0.25, 0.3) is 11.5 Å². The van der Waals surface area contributed by atoms with E-state index in [0.29, 0.717) is 22.4 Å². The van der Waals surface area contributed by atoms with E-state index < -0.39 is 0 Å². The van der Waals surface area contributed by atoms with Crippen molar-refractivity contribution in [1.29, 1.82) is 0 Å². The van der Waals surface area contributed by atoms with Gasteiger partial charge in [-0.25, -0.2) is 9.97 Å². The molecule has 0 aliphatic carbocycles. The first-order chi connectivity index (χ1) is 15.0. The summed E-state index contributed by atoms with van der Waals surface area (Å²) in [5.74, 6) is 0.998. The molecule has 2 aromatic carbocycles. The number of carbonyl (C=O) groups excluding carboxylic acids is 1. The first-order valence-electron chi connectivity index (χ1n) is 9.85. The maximum atomic E-state index is 13.2. The van der Waals surface area contributed by atoms with Crippen molar-refractivity contribution in [3.8, 4) is 16.3 Å². The number of carbonyl (C=O) groups is 1. The summed E-state index contributed by atoms with van der Waals surface area (Å²) < 4.78 is 5.19. The molecule has 4 aromatic rings. The van der Waals surface area contributed by atoms with E-state index in [4.69, 9.17) is 4.74 Å². The Morgan fingerprint density at radius 1 is 1.13 bits per heavy atom. The van der Waals surface area contributed by atoms with Crippen LogP contribution in [-0.4, -0.2) is 38.9 Å². The van der Waals surface area contributed by atoms with Crippen molar-refractivity contribution in [1.82, 2.24) is 19.9 Å². The van der Waals surface area contributed by atoms with Gasteiger partial charge in [-0.1, -0.05) is 12.1 Å². The van der Waals surface area contributed by atoms with E-state index in [9.17, 15) is 9.59 Å². The molecule has 0 aliphatic heterocycles. The molecule has 0 bridgehead atoms. The maximum Gasteiger partial charge on any atom is 0.273 e. The Kier molecular flexibility index (Phi) is 5.81. The number of amides is 1. The fourth-order valence-corrected chi connectivity index (χ4v) is 4.05. The van der Waals surface area contributed by atoms with Gasteiger partial charge in [0.05, 0.1) is 24.6 Å². The third-order valence-electron chi connectivity index (χ3n) is 4.93. The number of rotatable bonds is 6. The molecule has 1 N–H and O–H groups in total. The lowest BCUT2D eigenvalue weighted by Crippen LogP contribution is -2.37. The maximum absolute atomic E-state index is 13.2. The number of thiazole rings is 1. The summed E-state index contributed by atoms with van der Waals surface area (Å²) in [7, 11) is 1.62. The predicted molar refractivity (Wildman–Crippen MR) is 121 cm³/mol. The molecule has 0 fully saturated rings. The van der Waals surface area contributed by atoms with Crippen LogP contribution in [0.1, 0.15) is 30.2 Å². The number of nitrogens with zero attached hydrogens (tertiary/aromatic N) is 3. The summed E-state index contributed by atoms with van der Waals surface area (Å²) in [6.07, 6.45) is 0. The van der Waals surface area contributed by atoms with Crippen LogP contribution in [0.2, 0.25) is 0 Å². The number of methoxy groups -OCH3 is 1. The van der Waals surface area contributed by atoms with Crippen molar-refractivity contribution in [3.63, 3.8) is 0 Å². The zero-order valence-corrected chi connectivity index (χ0v) is 18.3. The van der Waals surface area contributed by atoms with Crippen LogP contribution >= 0.6 is 11.3 Å². The van der Waals surface area contributed by atoms with Crippen LogP contribution in [0, 0.1) is 0 Å². The number of ether oxygens (including phenoxy) is 1. The van der Waals surface area contributed by atoms with Crippen LogP contribution in [0.5, 0.6) is 5.75 Å². The second kappa shape index (κ2) is 8.69. The molecule has 4 rings (SSSR count). The van der Waals surface area contributed by atoms with Gasteiger partial charge in [0.1, 0.15) is 22.3 Å². The lowest BCUT2D eigenvalue weighted by Gasteiger charge is -2.25. The summed E-state index contributed by atoms with van der Waals surface area (Å²) in [5.41, 5.74) is 1.68. The molecular formula is C23H22N4O3S. The molecular weight excluding hydrogens is 412 g/mol. The van der Waals surface area contributed by atoms with Crippen molar-refractivity contribution in [2.24, 2.45) is 0 Å². The number of fused-ring (bicyclic) bond motifs is 1. The number of para-hydroxylation sites is 1. The predicted octanol–water partition coefficient (Wildman–Crippen LogP) is 4.11. The fraction of sp³-hybridized carbons (Fsp3) is 0.217. The van der Waals surface area contributed by atoms with Crippen LogP contribution in [-0.2, 0) is 6.54 Å². The van der Waals surface area contributed by atoms with Gasteiger partial charge in [0, 0.05) is 17.0 Å². The summed E-state index contributed by atoms with van der Waals surface area (Å²) in [6.45, 7) is 4.04. The molecule has 158 valence electrons. The van der Waals surface area contributed by atoms with Crippen LogP contribution in [0.3, 0.4) is 0 Å².